The first kappa shape index (κ1) is 19.7. The molecule has 1 amide bonds. The predicted molar refractivity (Wildman–Crippen MR) is 114 cm³/mol. The summed E-state index contributed by atoms with van der Waals surface area (Å²) in [7, 11) is 1.70. The van der Waals surface area contributed by atoms with E-state index >= 15 is 0 Å². The van der Waals surface area contributed by atoms with E-state index in [9.17, 15) is 4.79 Å². The van der Waals surface area contributed by atoms with Gasteiger partial charge in [-0.3, -0.25) is 15.2 Å². The number of carbonyl (C=O) groups is 1. The van der Waals surface area contributed by atoms with Crippen LogP contribution in [0.25, 0.3) is 5.57 Å². The Balaban J connectivity index is 1.75. The molecule has 1 aliphatic heterocycles. The molecule has 0 unspecified atom stereocenters. The number of allylic oxidation sites excluding steroid dienone is 1. The van der Waals surface area contributed by atoms with Crippen LogP contribution in [0.5, 0.6) is 0 Å². The van der Waals surface area contributed by atoms with Crippen molar-refractivity contribution in [2.45, 2.75) is 32.2 Å². The number of amidine groups is 1. The second kappa shape index (κ2) is 8.73. The van der Waals surface area contributed by atoms with Crippen LogP contribution in [-0.2, 0) is 4.79 Å². The second-order valence-electron chi connectivity index (χ2n) is 7.15. The van der Waals surface area contributed by atoms with Crippen LogP contribution in [0.3, 0.4) is 0 Å². The highest BCUT2D eigenvalue weighted by Gasteiger charge is 2.28. The molecule has 28 heavy (non-hydrogen) atoms. The van der Waals surface area contributed by atoms with E-state index in [0.717, 1.165) is 34.5 Å². The molecule has 5 N–H and O–H groups in total. The number of nitrogens with zero attached hydrogens (tertiary/aromatic N) is 2. The zero-order chi connectivity index (χ0) is 20.1. The molecular formula is C21H28N6O. The summed E-state index contributed by atoms with van der Waals surface area (Å²) in [6.45, 7) is 2.74. The predicted octanol–water partition coefficient (Wildman–Crippen LogP) is 2.33. The van der Waals surface area contributed by atoms with Crippen LogP contribution in [0.1, 0.15) is 31.7 Å². The van der Waals surface area contributed by atoms with E-state index in [4.69, 9.17) is 11.1 Å². The number of rotatable bonds is 6. The molecule has 1 aliphatic carbocycles. The van der Waals surface area contributed by atoms with Crippen LogP contribution >= 0.6 is 0 Å². The Kier molecular flexibility index (Phi) is 6.13. The van der Waals surface area contributed by atoms with E-state index < -0.39 is 0 Å². The number of benzene rings is 1. The lowest BCUT2D eigenvalue weighted by molar-refractivity contribution is -0.128. The van der Waals surface area contributed by atoms with Crippen molar-refractivity contribution < 1.29 is 4.79 Å². The van der Waals surface area contributed by atoms with E-state index in [0.29, 0.717) is 25.0 Å². The Morgan fingerprint density at radius 2 is 2.04 bits per heavy atom. The topological polar surface area (TPSA) is 107 Å². The number of nitrogens with one attached hydrogen (secondary N) is 3. The molecule has 0 radical (unpaired) electrons. The summed E-state index contributed by atoms with van der Waals surface area (Å²) in [5.41, 5.74) is 10.2. The average Bonchev–Trinajstić information content (AvgIpc) is 3.51. The number of anilines is 1. The molecule has 1 aromatic carbocycles. The van der Waals surface area contributed by atoms with Crippen LogP contribution in [-0.4, -0.2) is 49.0 Å². The van der Waals surface area contributed by atoms with Gasteiger partial charge in [0, 0.05) is 67.9 Å². The summed E-state index contributed by atoms with van der Waals surface area (Å²) in [5.74, 6) is 0.366. The van der Waals surface area contributed by atoms with Crippen LogP contribution in [0.4, 0.5) is 5.69 Å². The number of amides is 1. The summed E-state index contributed by atoms with van der Waals surface area (Å²) in [5, 5.41) is 15.3. The monoisotopic (exact) mass is 380 g/mol. The van der Waals surface area contributed by atoms with Gasteiger partial charge in [-0.05, 0) is 30.5 Å². The summed E-state index contributed by atoms with van der Waals surface area (Å²) >= 11 is 0. The molecule has 0 bridgehead atoms. The van der Waals surface area contributed by atoms with Crippen molar-refractivity contribution in [3.63, 3.8) is 0 Å². The zero-order valence-electron chi connectivity index (χ0n) is 16.5. The van der Waals surface area contributed by atoms with Crippen molar-refractivity contribution in [1.29, 1.82) is 5.41 Å². The molecule has 0 saturated heterocycles. The first-order chi connectivity index (χ1) is 13.5. The maximum absolute atomic E-state index is 11.8. The Morgan fingerprint density at radius 3 is 2.61 bits per heavy atom. The van der Waals surface area contributed by atoms with Gasteiger partial charge in [-0.2, -0.15) is 0 Å². The van der Waals surface area contributed by atoms with E-state index in [1.807, 2.05) is 24.3 Å². The largest absolute Gasteiger partial charge is 0.404 e. The molecule has 3 rings (SSSR count). The van der Waals surface area contributed by atoms with Crippen molar-refractivity contribution in [3.8, 4) is 0 Å². The summed E-state index contributed by atoms with van der Waals surface area (Å²) in [4.78, 5) is 17.6. The van der Waals surface area contributed by atoms with E-state index in [1.165, 1.54) is 19.0 Å². The van der Waals surface area contributed by atoms with Gasteiger partial charge >= 0.3 is 0 Å². The van der Waals surface area contributed by atoms with Crippen molar-refractivity contribution >= 4 is 29.2 Å². The number of carbonyl (C=O) groups excluding carboxylic acids is 1. The molecule has 148 valence electrons. The maximum atomic E-state index is 11.8. The minimum Gasteiger partial charge on any atom is -0.404 e. The van der Waals surface area contributed by atoms with Gasteiger partial charge in [0.2, 0.25) is 5.91 Å². The van der Waals surface area contributed by atoms with Crippen molar-refractivity contribution in [3.05, 3.63) is 47.3 Å². The van der Waals surface area contributed by atoms with Gasteiger partial charge in [-0.15, -0.1) is 0 Å². The smallest absolute Gasteiger partial charge is 0.219 e. The summed E-state index contributed by atoms with van der Waals surface area (Å²) in [6.07, 6.45) is 6.34. The lowest BCUT2D eigenvalue weighted by atomic mass is 10.0. The first-order valence-corrected chi connectivity index (χ1v) is 9.56. The Labute approximate surface area is 165 Å². The van der Waals surface area contributed by atoms with Crippen LogP contribution in [0.15, 0.2) is 46.7 Å². The highest BCUT2D eigenvalue weighted by atomic mass is 16.2. The average molecular weight is 380 g/mol. The van der Waals surface area contributed by atoms with Crippen molar-refractivity contribution in [1.82, 2.24) is 10.2 Å². The Bertz CT molecular complexity index is 833. The summed E-state index contributed by atoms with van der Waals surface area (Å²) in [6, 6.07) is 8.23. The number of hydrogen-bond donors (Lipinski definition) is 4. The molecule has 1 saturated carbocycles. The standard InChI is InChI=1S/C21H28N6O/c1-14(28)27-10-9-20(25-17-7-8-17)19(13-27)21(23)26-18-5-3-15(4-6-18)16(11-22)12-24-2/h3-6,11-12,17,25H,7-10,13,22H2,1-2H3,(H2,23,26)/b16-11+,24-12+. The third-order valence-corrected chi connectivity index (χ3v) is 4.98. The molecule has 0 spiro atoms. The molecule has 1 fully saturated rings. The van der Waals surface area contributed by atoms with Gasteiger partial charge < -0.3 is 21.3 Å². The van der Waals surface area contributed by atoms with Gasteiger partial charge in [0.1, 0.15) is 5.84 Å². The normalized spacial score (nSPS) is 17.8. The number of aliphatic imine (C=N–C) groups is 1. The highest BCUT2D eigenvalue weighted by molar-refractivity contribution is 6.10. The fraction of sp³-hybridized carbons (Fsp3) is 0.381. The van der Waals surface area contributed by atoms with Crippen LogP contribution in [0.2, 0.25) is 0 Å². The third-order valence-electron chi connectivity index (χ3n) is 4.98. The highest BCUT2D eigenvalue weighted by Crippen LogP contribution is 2.25. The molecule has 1 aromatic rings. The van der Waals surface area contributed by atoms with E-state index in [2.05, 4.69) is 15.6 Å². The molecule has 7 nitrogen and oxygen atoms in total. The molecule has 2 aliphatic rings. The van der Waals surface area contributed by atoms with Gasteiger partial charge in [0.05, 0.1) is 6.54 Å². The van der Waals surface area contributed by atoms with E-state index in [-0.39, 0.29) is 5.91 Å². The second-order valence-corrected chi connectivity index (χ2v) is 7.15. The Hall–Kier alpha value is -3.09. The Morgan fingerprint density at radius 1 is 1.32 bits per heavy atom. The SMILES string of the molecule is C/N=C/C(=C\N)c1ccc(NC(=N)C2=C(NC3CC3)CCN(C(C)=O)C2)cc1. The van der Waals surface area contributed by atoms with Crippen molar-refractivity contribution in [2.24, 2.45) is 10.7 Å². The van der Waals surface area contributed by atoms with Gasteiger partial charge in [0.15, 0.2) is 0 Å². The third kappa shape index (κ3) is 4.79. The minimum absolute atomic E-state index is 0.0406. The molecule has 0 aromatic heterocycles. The number of hydrogen-bond acceptors (Lipinski definition) is 5. The van der Waals surface area contributed by atoms with Gasteiger partial charge in [-0.1, -0.05) is 12.1 Å². The quantitative estimate of drug-likeness (QED) is 0.449. The van der Waals surface area contributed by atoms with Crippen LogP contribution < -0.4 is 16.4 Å². The van der Waals surface area contributed by atoms with Gasteiger partial charge in [-0.25, -0.2) is 0 Å². The molecule has 0 atom stereocenters. The lowest BCUT2D eigenvalue weighted by Crippen LogP contribution is -2.41. The first-order valence-electron chi connectivity index (χ1n) is 9.56. The summed E-state index contributed by atoms with van der Waals surface area (Å²) < 4.78 is 0. The van der Waals surface area contributed by atoms with E-state index in [1.54, 1.807) is 25.1 Å². The number of nitrogens with two attached hydrogens (primary N) is 1. The van der Waals surface area contributed by atoms with Crippen LogP contribution in [0, 0.1) is 5.41 Å². The molecular weight excluding hydrogens is 352 g/mol. The van der Waals surface area contributed by atoms with Gasteiger partial charge in [0.25, 0.3) is 0 Å². The molecule has 7 heteroatoms. The lowest BCUT2D eigenvalue weighted by Gasteiger charge is -2.31. The van der Waals surface area contributed by atoms with Crippen molar-refractivity contribution in [2.75, 3.05) is 25.5 Å². The fourth-order valence-electron chi connectivity index (χ4n) is 3.21. The maximum Gasteiger partial charge on any atom is 0.219 e. The minimum atomic E-state index is 0.0406. The fourth-order valence-corrected chi connectivity index (χ4v) is 3.21. The molecule has 1 heterocycles. The zero-order valence-corrected chi connectivity index (χ0v) is 16.5.